The van der Waals surface area contributed by atoms with Gasteiger partial charge in [0.2, 0.25) is 0 Å². The van der Waals surface area contributed by atoms with Gasteiger partial charge in [0, 0.05) is 10.7 Å². The molecule has 0 aliphatic rings. The van der Waals surface area contributed by atoms with Crippen LogP contribution in [0.3, 0.4) is 0 Å². The number of rotatable bonds is 3. The van der Waals surface area contributed by atoms with E-state index < -0.39 is 5.82 Å². The Morgan fingerprint density at radius 1 is 1.05 bits per heavy atom. The number of hydrogen-bond acceptors (Lipinski definition) is 3. The van der Waals surface area contributed by atoms with Crippen molar-refractivity contribution < 1.29 is 13.9 Å². The Bertz CT molecular complexity index is 622. The van der Waals surface area contributed by atoms with Crippen molar-refractivity contribution in [2.24, 2.45) is 0 Å². The van der Waals surface area contributed by atoms with E-state index in [9.17, 15) is 4.39 Å². The van der Waals surface area contributed by atoms with Crippen molar-refractivity contribution in [1.29, 1.82) is 0 Å². The van der Waals surface area contributed by atoms with Gasteiger partial charge in [0.1, 0.15) is 11.5 Å². The molecule has 0 aliphatic heterocycles. The summed E-state index contributed by atoms with van der Waals surface area (Å²) in [7, 11) is 1.56. The molecule has 0 bridgehead atoms. The smallest absolute Gasteiger partial charge is 0.255 e. The second-order valence-corrected chi connectivity index (χ2v) is 6.08. The van der Waals surface area contributed by atoms with E-state index in [0.717, 1.165) is 0 Å². The number of halogens is 4. The number of benzene rings is 1. The van der Waals surface area contributed by atoms with Crippen molar-refractivity contribution in [2.75, 3.05) is 7.11 Å². The predicted molar refractivity (Wildman–Crippen MR) is 80.4 cm³/mol. The van der Waals surface area contributed by atoms with E-state index in [4.69, 9.17) is 9.47 Å². The van der Waals surface area contributed by atoms with Crippen molar-refractivity contribution in [3.8, 4) is 17.4 Å². The fourth-order valence-electron chi connectivity index (χ4n) is 1.33. The third kappa shape index (κ3) is 3.46. The molecular weight excluding hydrogens is 449 g/mol. The zero-order valence-electron chi connectivity index (χ0n) is 9.58. The van der Waals surface area contributed by atoms with Gasteiger partial charge >= 0.3 is 0 Å². The molecule has 1 heterocycles. The number of pyridine rings is 1. The predicted octanol–water partition coefficient (Wildman–Crippen LogP) is 5.31. The van der Waals surface area contributed by atoms with Gasteiger partial charge in [-0.25, -0.2) is 9.37 Å². The average molecular weight is 456 g/mol. The van der Waals surface area contributed by atoms with Crippen molar-refractivity contribution >= 4 is 47.8 Å². The molecule has 0 fully saturated rings. The molecule has 19 heavy (non-hydrogen) atoms. The average Bonchev–Trinajstić information content (AvgIpc) is 2.36. The third-order valence-corrected chi connectivity index (χ3v) is 3.86. The maximum atomic E-state index is 13.6. The number of aromatic nitrogens is 1. The lowest BCUT2D eigenvalue weighted by Crippen LogP contribution is -1.94. The van der Waals surface area contributed by atoms with Crippen LogP contribution in [-0.4, -0.2) is 12.1 Å². The van der Waals surface area contributed by atoms with Gasteiger partial charge in [0.15, 0.2) is 5.82 Å². The Morgan fingerprint density at radius 2 is 1.68 bits per heavy atom. The van der Waals surface area contributed by atoms with Gasteiger partial charge in [-0.15, -0.1) is 0 Å². The lowest BCUT2D eigenvalue weighted by Gasteiger charge is -2.10. The van der Waals surface area contributed by atoms with Gasteiger partial charge in [0.25, 0.3) is 5.88 Å². The summed E-state index contributed by atoms with van der Waals surface area (Å²) in [6.07, 6.45) is 1.46. The molecule has 3 nitrogen and oxygen atoms in total. The quantitative estimate of drug-likeness (QED) is 0.628. The highest BCUT2D eigenvalue weighted by Gasteiger charge is 2.12. The van der Waals surface area contributed by atoms with E-state index in [0.29, 0.717) is 24.9 Å². The molecular formula is C12H7Br3FNO2. The Kier molecular flexibility index (Phi) is 4.81. The molecule has 0 saturated carbocycles. The highest BCUT2D eigenvalue weighted by Crippen LogP contribution is 2.38. The van der Waals surface area contributed by atoms with Crippen LogP contribution in [0.1, 0.15) is 0 Å². The lowest BCUT2D eigenvalue weighted by atomic mass is 10.3. The molecule has 0 atom stereocenters. The molecule has 2 rings (SSSR count). The summed E-state index contributed by atoms with van der Waals surface area (Å²) in [5, 5.41) is 0. The van der Waals surface area contributed by atoms with Gasteiger partial charge in [-0.3, -0.25) is 0 Å². The molecule has 0 unspecified atom stereocenters. The minimum absolute atomic E-state index is 0.0963. The largest absolute Gasteiger partial charge is 0.496 e. The summed E-state index contributed by atoms with van der Waals surface area (Å²) in [4.78, 5) is 3.87. The van der Waals surface area contributed by atoms with Gasteiger partial charge in [-0.1, -0.05) is 0 Å². The first-order chi connectivity index (χ1) is 9.01. The molecule has 7 heteroatoms. The first-order valence-corrected chi connectivity index (χ1v) is 7.41. The van der Waals surface area contributed by atoms with E-state index in [-0.39, 0.29) is 5.88 Å². The molecule has 0 amide bonds. The van der Waals surface area contributed by atoms with E-state index in [2.05, 4.69) is 52.8 Å². The van der Waals surface area contributed by atoms with Crippen LogP contribution in [-0.2, 0) is 0 Å². The van der Waals surface area contributed by atoms with E-state index >= 15 is 0 Å². The molecule has 0 aliphatic carbocycles. The topological polar surface area (TPSA) is 31.4 Å². The molecule has 1 aromatic carbocycles. The summed E-state index contributed by atoms with van der Waals surface area (Å²) in [6.45, 7) is 0. The number of hydrogen-bond donors (Lipinski definition) is 0. The molecule has 100 valence electrons. The normalized spacial score (nSPS) is 10.4. The summed E-state index contributed by atoms with van der Waals surface area (Å²) in [6, 6.07) is 4.68. The Morgan fingerprint density at radius 3 is 2.32 bits per heavy atom. The van der Waals surface area contributed by atoms with Gasteiger partial charge < -0.3 is 9.47 Å². The van der Waals surface area contributed by atoms with Crippen LogP contribution in [0.4, 0.5) is 4.39 Å². The Labute approximate surface area is 134 Å². The Hall–Kier alpha value is -0.660. The number of nitrogens with zero attached hydrogens (tertiary/aromatic N) is 1. The van der Waals surface area contributed by atoms with Gasteiger partial charge in [-0.05, 0) is 66.0 Å². The second-order valence-electron chi connectivity index (χ2n) is 3.46. The maximum absolute atomic E-state index is 13.6. The maximum Gasteiger partial charge on any atom is 0.255 e. The summed E-state index contributed by atoms with van der Waals surface area (Å²) < 4.78 is 26.1. The standard InChI is InChI=1S/C12H7Br3FNO2/c1-18-10-3-8(15)11(4-7(10)14)19-12-9(16)2-6(13)5-17-12/h2-5H,1H3. The second kappa shape index (κ2) is 6.19. The number of ether oxygens (including phenoxy) is 2. The SMILES string of the molecule is COc1cc(Br)c(Oc2ncc(Br)cc2F)cc1Br. The zero-order chi connectivity index (χ0) is 14.0. The van der Waals surface area contributed by atoms with Crippen LogP contribution in [0.25, 0.3) is 0 Å². The summed E-state index contributed by atoms with van der Waals surface area (Å²) in [5.41, 5.74) is 0. The van der Waals surface area contributed by atoms with Crippen LogP contribution in [0.2, 0.25) is 0 Å². The highest BCUT2D eigenvalue weighted by atomic mass is 79.9. The zero-order valence-corrected chi connectivity index (χ0v) is 14.3. The monoisotopic (exact) mass is 453 g/mol. The molecule has 2 aromatic rings. The molecule has 0 N–H and O–H groups in total. The van der Waals surface area contributed by atoms with Crippen molar-refractivity contribution in [3.63, 3.8) is 0 Å². The van der Waals surface area contributed by atoms with E-state index in [1.807, 2.05) is 0 Å². The van der Waals surface area contributed by atoms with Crippen LogP contribution >= 0.6 is 47.8 Å². The molecule has 0 radical (unpaired) electrons. The minimum atomic E-state index is -0.548. The molecule has 0 spiro atoms. The van der Waals surface area contributed by atoms with Crippen molar-refractivity contribution in [2.45, 2.75) is 0 Å². The van der Waals surface area contributed by atoms with Crippen molar-refractivity contribution in [3.05, 3.63) is 43.6 Å². The minimum Gasteiger partial charge on any atom is -0.496 e. The molecule has 0 saturated heterocycles. The first kappa shape index (κ1) is 14.7. The first-order valence-electron chi connectivity index (χ1n) is 5.03. The fraction of sp³-hybridized carbons (Fsp3) is 0.0833. The van der Waals surface area contributed by atoms with E-state index in [1.54, 1.807) is 19.2 Å². The fourth-order valence-corrected chi connectivity index (χ4v) is 2.52. The third-order valence-electron chi connectivity index (χ3n) is 2.19. The van der Waals surface area contributed by atoms with Crippen LogP contribution in [0.5, 0.6) is 17.4 Å². The highest BCUT2D eigenvalue weighted by molar-refractivity contribution is 9.11. The molecule has 1 aromatic heterocycles. The van der Waals surface area contributed by atoms with Crippen LogP contribution < -0.4 is 9.47 Å². The van der Waals surface area contributed by atoms with Crippen molar-refractivity contribution in [1.82, 2.24) is 4.98 Å². The van der Waals surface area contributed by atoms with Crippen LogP contribution in [0.15, 0.2) is 37.8 Å². The van der Waals surface area contributed by atoms with Gasteiger partial charge in [-0.2, -0.15) is 0 Å². The van der Waals surface area contributed by atoms with Crippen LogP contribution in [0, 0.1) is 5.82 Å². The summed E-state index contributed by atoms with van der Waals surface area (Å²) in [5.74, 6) is 0.430. The van der Waals surface area contributed by atoms with E-state index in [1.165, 1.54) is 12.3 Å². The lowest BCUT2D eigenvalue weighted by molar-refractivity contribution is 0.403. The Balaban J connectivity index is 2.35. The summed E-state index contributed by atoms with van der Waals surface area (Å²) >= 11 is 9.81. The van der Waals surface area contributed by atoms with Gasteiger partial charge in [0.05, 0.1) is 16.1 Å². The number of methoxy groups -OCH3 is 1.